The summed E-state index contributed by atoms with van der Waals surface area (Å²) in [6.07, 6.45) is 5.67. The van der Waals surface area contributed by atoms with Crippen molar-refractivity contribution in [3.8, 4) is 0 Å². The van der Waals surface area contributed by atoms with E-state index in [9.17, 15) is 29.1 Å². The molecule has 0 aromatic heterocycles. The van der Waals surface area contributed by atoms with Gasteiger partial charge in [0.05, 0.1) is 6.61 Å². The van der Waals surface area contributed by atoms with Crippen LogP contribution in [0.25, 0.3) is 0 Å². The molecule has 1 aliphatic carbocycles. The minimum Gasteiger partial charge on any atom is -0.394 e. The van der Waals surface area contributed by atoms with Gasteiger partial charge < -0.3 is 31.3 Å². The third-order valence-corrected chi connectivity index (χ3v) is 9.28. The van der Waals surface area contributed by atoms with Crippen LogP contribution in [0.15, 0.2) is 60.7 Å². The molecular weight excluding hydrogens is 598 g/mol. The molecule has 11 nitrogen and oxygen atoms in total. The standard InChI is InChI=1S/C36H49N5O6/c1-23(2)31-36(47)41(3)30(21-26-17-11-6-12-18-26)35(46)38-27(19-24-13-7-4-8-14-24)32(43)39-29(22-42)34(45)37-28(33(44)40-31)20-25-15-9-5-10-16-25/h4,6-8,11-14,17-18,23,25,27-31,42H,5,9-10,15-16,19-22H2,1-3H3,(H,37,45)(H,38,46)(H,39,43)(H,40,44)/t27-,28-,29-,30+,31+/m0/s1. The number of hydrogen-bond acceptors (Lipinski definition) is 6. The molecule has 4 rings (SSSR count). The van der Waals surface area contributed by atoms with Crippen molar-refractivity contribution < 1.29 is 29.1 Å². The number of likely N-dealkylation sites (N-methyl/N-ethyl adjacent to an activating group) is 1. The molecular formula is C36H49N5O6. The van der Waals surface area contributed by atoms with Crippen LogP contribution >= 0.6 is 0 Å². The van der Waals surface area contributed by atoms with E-state index in [2.05, 4.69) is 21.3 Å². The van der Waals surface area contributed by atoms with E-state index in [1.54, 1.807) is 0 Å². The molecule has 5 N–H and O–H groups in total. The van der Waals surface area contributed by atoms with E-state index in [4.69, 9.17) is 0 Å². The van der Waals surface area contributed by atoms with E-state index < -0.39 is 66.4 Å². The number of carbonyl (C=O) groups excluding carboxylic acids is 5. The Balaban J connectivity index is 1.74. The monoisotopic (exact) mass is 647 g/mol. The number of rotatable bonds is 8. The molecule has 2 aromatic rings. The Bertz CT molecular complexity index is 1360. The van der Waals surface area contributed by atoms with Crippen LogP contribution in [0.4, 0.5) is 0 Å². The zero-order valence-electron chi connectivity index (χ0n) is 27.6. The fraction of sp³-hybridized carbons (Fsp3) is 0.528. The van der Waals surface area contributed by atoms with Gasteiger partial charge in [-0.3, -0.25) is 24.0 Å². The smallest absolute Gasteiger partial charge is 0.245 e. The molecule has 2 aliphatic rings. The van der Waals surface area contributed by atoms with Gasteiger partial charge in [0.15, 0.2) is 0 Å². The minimum atomic E-state index is -1.37. The molecule has 5 atom stereocenters. The largest absolute Gasteiger partial charge is 0.394 e. The van der Waals surface area contributed by atoms with Gasteiger partial charge in [0.2, 0.25) is 29.5 Å². The number of amides is 5. The SMILES string of the molecule is CC(C)[C@H]1NC(=O)[C@H](CC2CCCCC2)NC(=O)[C@H](CO)NC(=O)[C@H](Cc2ccccc2)NC(=O)[C@@H](Cc2ccccc2)N(C)C1=O. The molecule has 47 heavy (non-hydrogen) atoms. The molecule has 0 spiro atoms. The van der Waals surface area contributed by atoms with Crippen LogP contribution in [0.1, 0.15) is 63.5 Å². The average Bonchev–Trinajstić information content (AvgIpc) is 3.07. The summed E-state index contributed by atoms with van der Waals surface area (Å²) < 4.78 is 0. The Kier molecular flexibility index (Phi) is 12.9. The van der Waals surface area contributed by atoms with Crippen LogP contribution in [0.5, 0.6) is 0 Å². The summed E-state index contributed by atoms with van der Waals surface area (Å²) >= 11 is 0. The normalized spacial score (nSPS) is 25.7. The van der Waals surface area contributed by atoms with Crippen LogP contribution in [-0.4, -0.2) is 83.4 Å². The van der Waals surface area contributed by atoms with E-state index in [0.29, 0.717) is 6.42 Å². The average molecular weight is 648 g/mol. The zero-order chi connectivity index (χ0) is 33.9. The molecule has 0 unspecified atom stereocenters. The Morgan fingerprint density at radius 1 is 0.681 bits per heavy atom. The van der Waals surface area contributed by atoms with Gasteiger partial charge in [0.1, 0.15) is 30.2 Å². The Hall–Kier alpha value is -4.25. The predicted molar refractivity (Wildman–Crippen MR) is 178 cm³/mol. The zero-order valence-corrected chi connectivity index (χ0v) is 27.6. The van der Waals surface area contributed by atoms with E-state index in [0.717, 1.165) is 43.2 Å². The summed E-state index contributed by atoms with van der Waals surface area (Å²) in [5.41, 5.74) is 1.57. The van der Waals surface area contributed by atoms with Gasteiger partial charge in [-0.1, -0.05) is 107 Å². The first kappa shape index (κ1) is 35.6. The summed E-state index contributed by atoms with van der Waals surface area (Å²) in [5, 5.41) is 21.3. The first-order valence-corrected chi connectivity index (χ1v) is 16.7. The van der Waals surface area contributed by atoms with Crippen molar-refractivity contribution >= 4 is 29.5 Å². The van der Waals surface area contributed by atoms with Crippen molar-refractivity contribution in [2.24, 2.45) is 11.8 Å². The fourth-order valence-corrected chi connectivity index (χ4v) is 6.44. The first-order valence-electron chi connectivity index (χ1n) is 16.7. The predicted octanol–water partition coefficient (Wildman–Crippen LogP) is 1.87. The molecule has 2 aromatic carbocycles. The molecule has 2 fully saturated rings. The van der Waals surface area contributed by atoms with Crippen LogP contribution in [0.2, 0.25) is 0 Å². The van der Waals surface area contributed by atoms with Crippen molar-refractivity contribution in [3.63, 3.8) is 0 Å². The second kappa shape index (κ2) is 17.1. The topological polar surface area (TPSA) is 157 Å². The number of benzene rings is 2. The van der Waals surface area contributed by atoms with Crippen molar-refractivity contribution in [2.45, 2.75) is 95.4 Å². The molecule has 254 valence electrons. The van der Waals surface area contributed by atoms with Gasteiger partial charge in [-0.05, 0) is 29.4 Å². The van der Waals surface area contributed by atoms with Crippen molar-refractivity contribution in [2.75, 3.05) is 13.7 Å². The first-order chi connectivity index (χ1) is 22.6. The van der Waals surface area contributed by atoms with Crippen molar-refractivity contribution in [3.05, 3.63) is 71.8 Å². The van der Waals surface area contributed by atoms with Gasteiger partial charge in [-0.25, -0.2) is 0 Å². The molecule has 5 amide bonds. The highest BCUT2D eigenvalue weighted by atomic mass is 16.3. The maximum absolute atomic E-state index is 14.1. The van der Waals surface area contributed by atoms with Crippen LogP contribution < -0.4 is 21.3 Å². The molecule has 1 saturated carbocycles. The molecule has 0 radical (unpaired) electrons. The van der Waals surface area contributed by atoms with Crippen LogP contribution in [0.3, 0.4) is 0 Å². The van der Waals surface area contributed by atoms with Crippen LogP contribution in [0, 0.1) is 11.8 Å². The summed E-state index contributed by atoms with van der Waals surface area (Å²) in [5.74, 6) is -3.07. The van der Waals surface area contributed by atoms with Crippen molar-refractivity contribution in [1.29, 1.82) is 0 Å². The van der Waals surface area contributed by atoms with Gasteiger partial charge in [-0.15, -0.1) is 0 Å². The lowest BCUT2D eigenvalue weighted by molar-refractivity contribution is -0.143. The summed E-state index contributed by atoms with van der Waals surface area (Å²) in [6.45, 7) is 2.91. The highest BCUT2D eigenvalue weighted by molar-refractivity contribution is 5.98. The lowest BCUT2D eigenvalue weighted by Crippen LogP contribution is -2.59. The fourth-order valence-electron chi connectivity index (χ4n) is 6.44. The lowest BCUT2D eigenvalue weighted by atomic mass is 9.84. The summed E-state index contributed by atoms with van der Waals surface area (Å²) in [6, 6.07) is 12.9. The van der Waals surface area contributed by atoms with Gasteiger partial charge in [-0.2, -0.15) is 0 Å². The van der Waals surface area contributed by atoms with Gasteiger partial charge >= 0.3 is 0 Å². The van der Waals surface area contributed by atoms with E-state index in [1.165, 1.54) is 11.9 Å². The minimum absolute atomic E-state index is 0.104. The molecule has 1 saturated heterocycles. The lowest BCUT2D eigenvalue weighted by Gasteiger charge is -2.34. The molecule has 1 aliphatic heterocycles. The number of nitrogens with one attached hydrogen (secondary N) is 4. The molecule has 11 heteroatoms. The maximum Gasteiger partial charge on any atom is 0.245 e. The number of carbonyl (C=O) groups is 5. The van der Waals surface area contributed by atoms with E-state index in [1.807, 2.05) is 74.5 Å². The number of hydrogen-bond donors (Lipinski definition) is 5. The Morgan fingerprint density at radius 2 is 1.19 bits per heavy atom. The van der Waals surface area contributed by atoms with Gasteiger partial charge in [0, 0.05) is 19.9 Å². The third kappa shape index (κ3) is 9.87. The Labute approximate surface area is 277 Å². The van der Waals surface area contributed by atoms with Gasteiger partial charge in [0.25, 0.3) is 0 Å². The number of nitrogens with zero attached hydrogens (tertiary/aromatic N) is 1. The Morgan fingerprint density at radius 3 is 1.77 bits per heavy atom. The van der Waals surface area contributed by atoms with Crippen molar-refractivity contribution in [1.82, 2.24) is 26.2 Å². The van der Waals surface area contributed by atoms with E-state index in [-0.39, 0.29) is 24.7 Å². The summed E-state index contributed by atoms with van der Waals surface area (Å²) in [7, 11) is 1.53. The number of aliphatic hydroxyl groups excluding tert-OH is 1. The van der Waals surface area contributed by atoms with Crippen LogP contribution in [-0.2, 0) is 36.8 Å². The highest BCUT2D eigenvalue weighted by Gasteiger charge is 2.38. The molecule has 1 heterocycles. The maximum atomic E-state index is 14.1. The summed E-state index contributed by atoms with van der Waals surface area (Å²) in [4.78, 5) is 70.7. The third-order valence-electron chi connectivity index (χ3n) is 9.28. The quantitative estimate of drug-likeness (QED) is 0.295. The molecule has 0 bridgehead atoms. The second-order valence-corrected chi connectivity index (χ2v) is 13.2. The van der Waals surface area contributed by atoms with E-state index >= 15 is 0 Å². The number of aliphatic hydroxyl groups is 1. The highest BCUT2D eigenvalue weighted by Crippen LogP contribution is 2.27. The second-order valence-electron chi connectivity index (χ2n) is 13.2.